The summed E-state index contributed by atoms with van der Waals surface area (Å²) >= 11 is 11.1. The van der Waals surface area contributed by atoms with Gasteiger partial charge in [0.1, 0.15) is 54.9 Å². The minimum absolute atomic E-state index is 0.146. The number of thiol groups is 2. The highest BCUT2D eigenvalue weighted by Gasteiger charge is 2.35. The number of hydrogen-bond donors (Lipinski definition) is 16. The van der Waals surface area contributed by atoms with Gasteiger partial charge in [0.05, 0.1) is 25.9 Å². The van der Waals surface area contributed by atoms with Gasteiger partial charge in [-0.1, -0.05) is 13.8 Å². The minimum atomic E-state index is -1.73. The maximum Gasteiger partial charge on any atom is 0.322 e. The average Bonchev–Trinajstić information content (AvgIpc) is 3.81. The molecule has 0 aliphatic rings. The number of nitrogens with zero attached hydrogens (tertiary/aromatic N) is 1. The van der Waals surface area contributed by atoms with Crippen LogP contribution in [0.25, 0.3) is 0 Å². The molecule has 26 nitrogen and oxygen atoms in total. The molecule has 0 fully saturated rings. The Labute approximate surface area is 411 Å². The molecule has 0 bridgehead atoms. The number of hydrogen-bond acceptors (Lipinski definition) is 18. The largest absolute Gasteiger partial charge is 0.480 e. The summed E-state index contributed by atoms with van der Waals surface area (Å²) < 4.78 is 0. The highest BCUT2D eigenvalue weighted by molar-refractivity contribution is 7.98. The van der Waals surface area contributed by atoms with E-state index in [1.165, 1.54) is 36.0 Å². The molecule has 68 heavy (non-hydrogen) atoms. The Morgan fingerprint density at radius 3 is 1.57 bits per heavy atom. The molecule has 10 amide bonds. The highest BCUT2D eigenvalue weighted by Crippen LogP contribution is 2.09. The monoisotopic (exact) mass is 1040 g/mol. The van der Waals surface area contributed by atoms with Crippen LogP contribution in [-0.2, 0) is 59.2 Å². The van der Waals surface area contributed by atoms with Crippen molar-refractivity contribution in [3.8, 4) is 0 Å². The Morgan fingerprint density at radius 1 is 0.662 bits per heavy atom. The predicted octanol–water partition coefficient (Wildman–Crippen LogP) is -6.12. The van der Waals surface area contributed by atoms with E-state index in [1.54, 1.807) is 20.1 Å². The molecule has 0 unspecified atom stereocenters. The molecule has 8 atom stereocenters. The summed E-state index contributed by atoms with van der Waals surface area (Å²) in [5.41, 5.74) is 10.9. The van der Waals surface area contributed by atoms with Gasteiger partial charge < -0.3 is 74.5 Å². The number of nitrogens with one attached hydrogen (secondary N) is 10. The topological polar surface area (TPSA) is 417 Å². The lowest BCUT2D eigenvalue weighted by Crippen LogP contribution is -2.62. The fourth-order valence-corrected chi connectivity index (χ4v) is 7.24. The van der Waals surface area contributed by atoms with Crippen molar-refractivity contribution in [2.75, 3.05) is 55.2 Å². The van der Waals surface area contributed by atoms with E-state index >= 15 is 0 Å². The molecule has 1 aromatic heterocycles. The third-order valence-corrected chi connectivity index (χ3v) is 11.5. The molecule has 1 aromatic rings. The maximum absolute atomic E-state index is 13.7. The first-order chi connectivity index (χ1) is 32.2. The number of rotatable bonds is 33. The zero-order valence-corrected chi connectivity index (χ0v) is 41.2. The highest BCUT2D eigenvalue weighted by atomic mass is 32.2. The van der Waals surface area contributed by atoms with Gasteiger partial charge in [-0.2, -0.15) is 48.8 Å². The first-order valence-corrected chi connectivity index (χ1v) is 24.9. The van der Waals surface area contributed by atoms with Crippen molar-refractivity contribution in [2.45, 2.75) is 87.9 Å². The fraction of sp³-hybridized carbons (Fsp3) is 0.632. The van der Waals surface area contributed by atoms with Crippen LogP contribution in [0.5, 0.6) is 0 Å². The molecule has 16 N–H and O–H groups in total. The molecule has 382 valence electrons. The van der Waals surface area contributed by atoms with E-state index in [-0.39, 0.29) is 37.3 Å². The number of H-pyrrole nitrogens is 1. The molecular weight excluding hydrogens is 975 g/mol. The number of aliphatic hydroxyl groups excluding tert-OH is 1. The molecule has 0 radical (unpaired) electrons. The maximum atomic E-state index is 13.7. The smallest absolute Gasteiger partial charge is 0.322 e. The summed E-state index contributed by atoms with van der Waals surface area (Å²) in [6.07, 6.45) is 5.61. The summed E-state index contributed by atoms with van der Waals surface area (Å²) in [6, 6.07) is -11.2. The zero-order valence-electron chi connectivity index (χ0n) is 37.8. The molecule has 0 spiro atoms. The van der Waals surface area contributed by atoms with E-state index in [1.807, 2.05) is 11.6 Å². The van der Waals surface area contributed by atoms with Gasteiger partial charge in [0.2, 0.25) is 59.1 Å². The van der Waals surface area contributed by atoms with Crippen LogP contribution in [0.3, 0.4) is 0 Å². The zero-order chi connectivity index (χ0) is 51.5. The van der Waals surface area contributed by atoms with Crippen molar-refractivity contribution in [1.82, 2.24) is 57.8 Å². The van der Waals surface area contributed by atoms with Crippen LogP contribution in [-0.4, -0.2) is 189 Å². The molecule has 30 heteroatoms. The van der Waals surface area contributed by atoms with Gasteiger partial charge in [-0.15, -0.1) is 0 Å². The number of carboxylic acid groups (broad SMARTS) is 1. The molecule has 0 aromatic carbocycles. The van der Waals surface area contributed by atoms with Crippen LogP contribution in [0, 0.1) is 5.92 Å². The Morgan fingerprint density at radius 2 is 1.12 bits per heavy atom. The van der Waals surface area contributed by atoms with Crippen LogP contribution in [0.2, 0.25) is 0 Å². The molecule has 1 rings (SSSR count). The van der Waals surface area contributed by atoms with Crippen molar-refractivity contribution in [1.29, 1.82) is 0 Å². The lowest BCUT2D eigenvalue weighted by molar-refractivity contribution is -0.139. The summed E-state index contributed by atoms with van der Waals surface area (Å²) in [7, 11) is 0. The molecule has 0 aliphatic heterocycles. The number of carboxylic acids is 1. The van der Waals surface area contributed by atoms with Crippen LogP contribution >= 0.6 is 48.8 Å². The van der Waals surface area contributed by atoms with E-state index in [9.17, 15) is 57.8 Å². The Balaban J connectivity index is 3.22. The number of primary amides is 1. The average molecular weight is 1040 g/mol. The van der Waals surface area contributed by atoms with Gasteiger partial charge in [0, 0.05) is 29.8 Å². The van der Waals surface area contributed by atoms with E-state index in [2.05, 4.69) is 77.8 Å². The van der Waals surface area contributed by atoms with Crippen LogP contribution in [0.1, 0.15) is 38.8 Å². The Hall–Kier alpha value is -5.30. The summed E-state index contributed by atoms with van der Waals surface area (Å²) in [5, 5.41) is 40.7. The number of carbonyl (C=O) groups is 11. The molecular formula is C38H63N13O13S4. The fourth-order valence-electron chi connectivity index (χ4n) is 5.78. The van der Waals surface area contributed by atoms with E-state index in [0.717, 1.165) is 0 Å². The number of aromatic amines is 1. The number of aromatic nitrogens is 2. The third kappa shape index (κ3) is 22.2. The summed E-state index contributed by atoms with van der Waals surface area (Å²) in [6.45, 7) is 0.926. The van der Waals surface area contributed by atoms with Crippen molar-refractivity contribution in [2.24, 2.45) is 17.4 Å². The lowest BCUT2D eigenvalue weighted by Gasteiger charge is -2.28. The van der Waals surface area contributed by atoms with E-state index in [4.69, 9.17) is 16.6 Å². The first-order valence-electron chi connectivity index (χ1n) is 20.8. The van der Waals surface area contributed by atoms with E-state index < -0.39 is 139 Å². The van der Waals surface area contributed by atoms with Gasteiger partial charge in [0.15, 0.2) is 0 Å². The van der Waals surface area contributed by atoms with Crippen LogP contribution in [0.15, 0.2) is 12.5 Å². The first kappa shape index (κ1) is 60.7. The summed E-state index contributed by atoms with van der Waals surface area (Å²) in [5.74, 6) is -10.7. The van der Waals surface area contributed by atoms with Gasteiger partial charge in [0.25, 0.3) is 0 Å². The van der Waals surface area contributed by atoms with Crippen molar-refractivity contribution in [3.63, 3.8) is 0 Å². The molecule has 0 saturated heterocycles. The van der Waals surface area contributed by atoms with Crippen molar-refractivity contribution >= 4 is 114 Å². The lowest BCUT2D eigenvalue weighted by atomic mass is 10.0. The number of thioether (sulfide) groups is 2. The Kier molecular flexibility index (Phi) is 29.0. The van der Waals surface area contributed by atoms with Gasteiger partial charge in [-0.05, 0) is 42.8 Å². The van der Waals surface area contributed by atoms with Crippen LogP contribution in [0.4, 0.5) is 0 Å². The number of imidazole rings is 1. The second kappa shape index (κ2) is 32.4. The number of aliphatic carboxylic acids is 1. The third-order valence-electron chi connectivity index (χ3n) is 9.45. The standard InChI is InChI=1S/C38H63N13O13S4/c1-18(2)30(51-37(63)26(16-66)49-33(59)21(6-8-68-4)45-32(58)20(5-7-67-3)44-28(54)11-39)38(64)48-24(14-52)35(61)46-22(9-19-12-41-17-43-19)34(60)50-25(15-65)36(62)47-23(10-27(40)53)31(57)42-13-29(55)56/h12,17-18,20-26,30,52,65-66H,5-11,13-16,39H2,1-4H3,(H2,40,53)(H,41,43)(H,42,57)(H,44,54)(H,45,58)(H,46,61)(H,47,62)(H,48,64)(H,49,59)(H,50,60)(H,51,63)(H,55,56)/t20-,21-,22-,23-,24-,25-,26-,30-/m0/s1. The van der Waals surface area contributed by atoms with Gasteiger partial charge in [-0.3, -0.25) is 52.7 Å². The number of nitrogens with two attached hydrogens (primary N) is 2. The summed E-state index contributed by atoms with van der Waals surface area (Å²) in [4.78, 5) is 148. The number of aliphatic hydroxyl groups is 1. The second-order valence-corrected chi connectivity index (χ2v) is 17.8. The molecule has 0 aliphatic carbocycles. The Bertz CT molecular complexity index is 1880. The van der Waals surface area contributed by atoms with Gasteiger partial charge >= 0.3 is 5.97 Å². The van der Waals surface area contributed by atoms with E-state index in [0.29, 0.717) is 17.2 Å². The normalized spacial score (nSPS) is 14.5. The second-order valence-electron chi connectivity index (χ2n) is 15.1. The number of carbonyl (C=O) groups excluding carboxylic acids is 10. The predicted molar refractivity (Wildman–Crippen MR) is 257 cm³/mol. The number of amides is 10. The SMILES string of the molecule is CSCC[C@H](NC(=O)CN)C(=O)N[C@@H](CCSC)C(=O)N[C@@H](CS)C(=O)N[C@H](C(=O)N[C@@H](CO)C(=O)N[C@@H](Cc1cnc[nH]1)C(=O)N[C@@H](CS)C(=O)N[C@@H](CC(N)=O)C(=O)NCC(=O)O)C(C)C. The van der Waals surface area contributed by atoms with Crippen molar-refractivity contribution in [3.05, 3.63) is 18.2 Å². The quantitative estimate of drug-likeness (QED) is 0.0291. The van der Waals surface area contributed by atoms with Crippen molar-refractivity contribution < 1.29 is 63.0 Å². The van der Waals surface area contributed by atoms with Gasteiger partial charge in [-0.25, -0.2) is 4.98 Å². The van der Waals surface area contributed by atoms with Crippen LogP contribution < -0.4 is 59.3 Å². The minimum Gasteiger partial charge on any atom is -0.480 e. The molecule has 1 heterocycles. The molecule has 0 saturated carbocycles.